The summed E-state index contributed by atoms with van der Waals surface area (Å²) >= 11 is 9.05. The van der Waals surface area contributed by atoms with Gasteiger partial charge in [0.25, 0.3) is 0 Å². The highest BCUT2D eigenvalue weighted by Gasteiger charge is 2.11. The average Bonchev–Trinajstić information content (AvgIpc) is 2.65. The molecule has 0 unspecified atom stereocenters. The summed E-state index contributed by atoms with van der Waals surface area (Å²) in [6, 6.07) is 3.79. The first-order valence-corrected chi connectivity index (χ1v) is 6.73. The molecule has 2 aromatic rings. The molecule has 1 nitrogen and oxygen atoms in total. The fraction of sp³-hybridized carbons (Fsp3) is 0.200. The molecule has 74 valence electrons. The Balaban J connectivity index is 2.81. The van der Waals surface area contributed by atoms with Gasteiger partial charge in [-0.15, -0.1) is 34.7 Å². The fourth-order valence-electron chi connectivity index (χ4n) is 1.48. The number of phenols is 1. The van der Waals surface area contributed by atoms with Crippen molar-refractivity contribution in [2.24, 2.45) is 0 Å². The predicted octanol–water partition coefficient (Wildman–Crippen LogP) is 4.07. The highest BCUT2D eigenvalue weighted by Crippen LogP contribution is 2.39. The van der Waals surface area contributed by atoms with Crippen molar-refractivity contribution in [3.8, 4) is 5.75 Å². The number of fused-ring (bicyclic) bond motifs is 1. The Kier molecular flexibility index (Phi) is 2.91. The van der Waals surface area contributed by atoms with Crippen molar-refractivity contribution in [2.45, 2.75) is 10.8 Å². The largest absolute Gasteiger partial charge is 0.507 e. The summed E-state index contributed by atoms with van der Waals surface area (Å²) in [6.07, 6.45) is 1.96. The van der Waals surface area contributed by atoms with Gasteiger partial charge in [-0.3, -0.25) is 0 Å². The average molecular weight is 245 g/mol. The Morgan fingerprint density at radius 2 is 2.36 bits per heavy atom. The number of hydrogen-bond acceptors (Lipinski definition) is 3. The minimum absolute atomic E-state index is 0.332. The third-order valence-corrected chi connectivity index (χ3v) is 4.21. The molecule has 1 N–H and O–H groups in total. The van der Waals surface area contributed by atoms with E-state index in [4.69, 9.17) is 11.6 Å². The van der Waals surface area contributed by atoms with Crippen LogP contribution >= 0.6 is 34.7 Å². The van der Waals surface area contributed by atoms with Gasteiger partial charge in [0.1, 0.15) is 5.75 Å². The number of benzene rings is 1. The molecule has 1 aromatic carbocycles. The lowest BCUT2D eigenvalue weighted by molar-refractivity contribution is 0.464. The van der Waals surface area contributed by atoms with E-state index in [1.807, 2.05) is 17.7 Å². The maximum Gasteiger partial charge on any atom is 0.130 e. The first-order chi connectivity index (χ1) is 6.77. The van der Waals surface area contributed by atoms with E-state index in [2.05, 4.69) is 0 Å². The Labute approximate surface area is 95.7 Å². The number of halogens is 1. The molecular weight excluding hydrogens is 236 g/mol. The number of alkyl halides is 1. The summed E-state index contributed by atoms with van der Waals surface area (Å²) < 4.78 is 1.18. The molecule has 0 spiro atoms. The molecule has 0 aliphatic carbocycles. The Morgan fingerprint density at radius 3 is 3.00 bits per heavy atom. The van der Waals surface area contributed by atoms with Crippen molar-refractivity contribution in [2.75, 3.05) is 6.26 Å². The molecule has 0 amide bonds. The summed E-state index contributed by atoms with van der Waals surface area (Å²) in [5.41, 5.74) is 1.01. The molecule has 0 atom stereocenters. The van der Waals surface area contributed by atoms with Crippen molar-refractivity contribution in [3.05, 3.63) is 23.1 Å². The normalized spacial score (nSPS) is 11.0. The molecule has 2 rings (SSSR count). The molecule has 1 aromatic heterocycles. The number of hydrogen-bond donors (Lipinski definition) is 1. The lowest BCUT2D eigenvalue weighted by Gasteiger charge is -2.06. The lowest BCUT2D eigenvalue weighted by Crippen LogP contribution is -1.81. The molecule has 1 heterocycles. The smallest absolute Gasteiger partial charge is 0.130 e. The van der Waals surface area contributed by atoms with Crippen LogP contribution in [0, 0.1) is 0 Å². The number of thioether (sulfide) groups is 1. The Bertz CT molecular complexity index is 464. The summed E-state index contributed by atoms with van der Waals surface area (Å²) in [4.78, 5) is 0.940. The van der Waals surface area contributed by atoms with E-state index < -0.39 is 0 Å². The lowest BCUT2D eigenvalue weighted by atomic mass is 10.2. The van der Waals surface area contributed by atoms with Gasteiger partial charge in [0.05, 0.1) is 4.90 Å². The van der Waals surface area contributed by atoms with Gasteiger partial charge in [-0.2, -0.15) is 0 Å². The van der Waals surface area contributed by atoms with E-state index in [0.717, 1.165) is 15.8 Å². The number of aromatic hydroxyl groups is 1. The standard InChI is InChI=1S/C10H9ClOS2/c1-13-10-7-2-3-14-9(7)6(5-11)4-8(10)12/h2-4,12H,5H2,1H3. The quantitative estimate of drug-likeness (QED) is 0.635. The zero-order chi connectivity index (χ0) is 10.1. The van der Waals surface area contributed by atoms with Crippen LogP contribution in [0.1, 0.15) is 5.56 Å². The van der Waals surface area contributed by atoms with Gasteiger partial charge in [-0.1, -0.05) is 0 Å². The van der Waals surface area contributed by atoms with Crippen LogP contribution in [0.5, 0.6) is 5.75 Å². The molecule has 0 fully saturated rings. The van der Waals surface area contributed by atoms with E-state index in [1.54, 1.807) is 29.2 Å². The molecule has 0 radical (unpaired) electrons. The first kappa shape index (κ1) is 10.1. The molecule has 4 heteroatoms. The zero-order valence-electron chi connectivity index (χ0n) is 7.58. The van der Waals surface area contributed by atoms with Gasteiger partial charge in [0.15, 0.2) is 0 Å². The van der Waals surface area contributed by atoms with Gasteiger partial charge in [0, 0.05) is 16.0 Å². The number of thiophene rings is 1. The molecule has 0 bridgehead atoms. The highest BCUT2D eigenvalue weighted by atomic mass is 35.5. The second-order valence-corrected chi connectivity index (χ2v) is 4.88. The molecular formula is C10H9ClOS2. The minimum atomic E-state index is 0.332. The van der Waals surface area contributed by atoms with E-state index in [0.29, 0.717) is 11.6 Å². The fourth-order valence-corrected chi connectivity index (χ4v) is 3.42. The van der Waals surface area contributed by atoms with E-state index in [1.165, 1.54) is 4.70 Å². The van der Waals surface area contributed by atoms with Gasteiger partial charge in [-0.25, -0.2) is 0 Å². The Hall–Kier alpha value is -0.380. The molecule has 0 saturated heterocycles. The van der Waals surface area contributed by atoms with Crippen LogP contribution in [0.2, 0.25) is 0 Å². The van der Waals surface area contributed by atoms with Gasteiger partial charge in [0.2, 0.25) is 0 Å². The van der Waals surface area contributed by atoms with Crippen molar-refractivity contribution < 1.29 is 5.11 Å². The van der Waals surface area contributed by atoms with Gasteiger partial charge >= 0.3 is 0 Å². The third kappa shape index (κ3) is 1.49. The zero-order valence-corrected chi connectivity index (χ0v) is 9.97. The SMILES string of the molecule is CSc1c(O)cc(CCl)c2sccc12. The van der Waals surface area contributed by atoms with Gasteiger partial charge < -0.3 is 5.11 Å². The Morgan fingerprint density at radius 1 is 1.57 bits per heavy atom. The summed E-state index contributed by atoms with van der Waals surface area (Å²) in [6.45, 7) is 0. The van der Waals surface area contributed by atoms with Crippen molar-refractivity contribution in [1.29, 1.82) is 0 Å². The maximum atomic E-state index is 9.76. The second-order valence-electron chi connectivity index (χ2n) is 2.89. The highest BCUT2D eigenvalue weighted by molar-refractivity contribution is 7.99. The predicted molar refractivity (Wildman–Crippen MR) is 64.8 cm³/mol. The summed E-state index contributed by atoms with van der Waals surface area (Å²) in [5, 5.41) is 12.9. The van der Waals surface area contributed by atoms with Crippen molar-refractivity contribution in [1.82, 2.24) is 0 Å². The van der Waals surface area contributed by atoms with E-state index >= 15 is 0 Å². The van der Waals surface area contributed by atoms with Crippen LogP contribution in [-0.2, 0) is 5.88 Å². The van der Waals surface area contributed by atoms with Crippen LogP contribution in [0.4, 0.5) is 0 Å². The second kappa shape index (κ2) is 4.01. The molecule has 0 aliphatic rings. The molecule has 0 saturated carbocycles. The van der Waals surface area contributed by atoms with Crippen LogP contribution in [0.25, 0.3) is 10.1 Å². The van der Waals surface area contributed by atoms with Crippen molar-refractivity contribution in [3.63, 3.8) is 0 Å². The first-order valence-electron chi connectivity index (χ1n) is 4.10. The van der Waals surface area contributed by atoms with Crippen LogP contribution in [-0.4, -0.2) is 11.4 Å². The summed E-state index contributed by atoms with van der Waals surface area (Å²) in [7, 11) is 0. The van der Waals surface area contributed by atoms with Crippen LogP contribution in [0.3, 0.4) is 0 Å². The monoisotopic (exact) mass is 244 g/mol. The minimum Gasteiger partial charge on any atom is -0.507 e. The van der Waals surface area contributed by atoms with Crippen molar-refractivity contribution >= 4 is 44.8 Å². The van der Waals surface area contributed by atoms with Crippen LogP contribution < -0.4 is 0 Å². The molecule has 14 heavy (non-hydrogen) atoms. The van der Waals surface area contributed by atoms with Gasteiger partial charge in [-0.05, 0) is 29.3 Å². The van der Waals surface area contributed by atoms with Crippen LogP contribution in [0.15, 0.2) is 22.4 Å². The molecule has 0 aliphatic heterocycles. The maximum absolute atomic E-state index is 9.76. The number of phenolic OH excluding ortho intramolecular Hbond substituents is 1. The topological polar surface area (TPSA) is 20.2 Å². The van der Waals surface area contributed by atoms with E-state index in [-0.39, 0.29) is 0 Å². The third-order valence-electron chi connectivity index (χ3n) is 2.09. The van der Waals surface area contributed by atoms with E-state index in [9.17, 15) is 5.11 Å². The summed E-state index contributed by atoms with van der Waals surface area (Å²) in [5.74, 6) is 0.776. The number of rotatable bonds is 2.